The topological polar surface area (TPSA) is 58.4 Å². The monoisotopic (exact) mass is 261 g/mol. The average molecular weight is 261 g/mol. The number of hydrogen-bond donors (Lipinski definition) is 2. The number of nitrogens with zero attached hydrogens (tertiary/aromatic N) is 1. The Morgan fingerprint density at radius 2 is 2.11 bits per heavy atom. The number of benzene rings is 1. The van der Waals surface area contributed by atoms with Gasteiger partial charge in [0.25, 0.3) is 0 Å². The summed E-state index contributed by atoms with van der Waals surface area (Å²) in [6.45, 7) is 5.61. The van der Waals surface area contributed by atoms with Gasteiger partial charge in [0.05, 0.1) is 6.54 Å². The van der Waals surface area contributed by atoms with Crippen molar-refractivity contribution >= 4 is 5.91 Å². The number of hydrogen-bond acceptors (Lipinski definition) is 3. The molecule has 0 spiro atoms. The smallest absolute Gasteiger partial charge is 0.234 e. The van der Waals surface area contributed by atoms with E-state index in [0.29, 0.717) is 31.5 Å². The SMILES string of the molecule is CCNC(=O)CN1C[C@@H](CN)[C@H](c2ccccc2)C1. The van der Waals surface area contributed by atoms with Gasteiger partial charge in [0.1, 0.15) is 0 Å². The quantitative estimate of drug-likeness (QED) is 0.824. The van der Waals surface area contributed by atoms with E-state index in [0.717, 1.165) is 13.1 Å². The van der Waals surface area contributed by atoms with Crippen molar-refractivity contribution in [1.82, 2.24) is 10.2 Å². The van der Waals surface area contributed by atoms with Crippen molar-refractivity contribution < 1.29 is 4.79 Å². The largest absolute Gasteiger partial charge is 0.355 e. The van der Waals surface area contributed by atoms with Crippen molar-refractivity contribution in [3.8, 4) is 0 Å². The Balaban J connectivity index is 2.00. The van der Waals surface area contributed by atoms with Crippen LogP contribution in [0.1, 0.15) is 18.4 Å². The van der Waals surface area contributed by atoms with Gasteiger partial charge in [-0.1, -0.05) is 30.3 Å². The lowest BCUT2D eigenvalue weighted by atomic mass is 9.89. The minimum Gasteiger partial charge on any atom is -0.355 e. The molecule has 0 saturated carbocycles. The van der Waals surface area contributed by atoms with Crippen LogP contribution in [-0.2, 0) is 4.79 Å². The molecule has 1 aliphatic heterocycles. The fraction of sp³-hybridized carbons (Fsp3) is 0.533. The molecule has 0 radical (unpaired) electrons. The molecular weight excluding hydrogens is 238 g/mol. The van der Waals surface area contributed by atoms with Crippen molar-refractivity contribution in [2.75, 3.05) is 32.7 Å². The highest BCUT2D eigenvalue weighted by Gasteiger charge is 2.33. The first-order valence-electron chi connectivity index (χ1n) is 6.98. The summed E-state index contributed by atoms with van der Waals surface area (Å²) in [6.07, 6.45) is 0. The second kappa shape index (κ2) is 6.68. The van der Waals surface area contributed by atoms with Crippen LogP contribution in [0.5, 0.6) is 0 Å². The van der Waals surface area contributed by atoms with Crippen LogP contribution < -0.4 is 11.1 Å². The molecule has 0 aromatic heterocycles. The number of nitrogens with two attached hydrogens (primary N) is 1. The Morgan fingerprint density at radius 3 is 2.74 bits per heavy atom. The highest BCUT2D eigenvalue weighted by Crippen LogP contribution is 2.31. The summed E-state index contributed by atoms with van der Waals surface area (Å²) in [7, 11) is 0. The number of carbonyl (C=O) groups is 1. The van der Waals surface area contributed by atoms with E-state index in [1.54, 1.807) is 0 Å². The van der Waals surface area contributed by atoms with Gasteiger partial charge in [-0.3, -0.25) is 9.69 Å². The number of nitrogens with one attached hydrogen (secondary N) is 1. The van der Waals surface area contributed by atoms with Crippen LogP contribution in [0.4, 0.5) is 0 Å². The molecule has 1 aromatic rings. The van der Waals surface area contributed by atoms with Gasteiger partial charge < -0.3 is 11.1 Å². The summed E-state index contributed by atoms with van der Waals surface area (Å²) in [5, 5.41) is 2.85. The summed E-state index contributed by atoms with van der Waals surface area (Å²) in [5.41, 5.74) is 7.22. The third-order valence-electron chi connectivity index (χ3n) is 3.79. The van der Waals surface area contributed by atoms with Crippen molar-refractivity contribution in [3.63, 3.8) is 0 Å². The first-order valence-corrected chi connectivity index (χ1v) is 6.98. The second-order valence-electron chi connectivity index (χ2n) is 5.16. The standard InChI is InChI=1S/C15H23N3O/c1-2-17-15(19)11-18-9-13(8-16)14(10-18)12-6-4-3-5-7-12/h3-7,13-14H,2,8-11,16H2,1H3,(H,17,19)/t13-,14+/m1/s1. The van der Waals surface area contributed by atoms with Gasteiger partial charge in [0, 0.05) is 25.6 Å². The predicted octanol–water partition coefficient (Wildman–Crippen LogP) is 0.797. The van der Waals surface area contributed by atoms with E-state index in [-0.39, 0.29) is 5.91 Å². The maximum Gasteiger partial charge on any atom is 0.234 e. The first kappa shape index (κ1) is 14.0. The van der Waals surface area contributed by atoms with Crippen molar-refractivity contribution in [1.29, 1.82) is 0 Å². The molecule has 19 heavy (non-hydrogen) atoms. The van der Waals surface area contributed by atoms with E-state index in [1.165, 1.54) is 5.56 Å². The van der Waals surface area contributed by atoms with Crippen LogP contribution >= 0.6 is 0 Å². The van der Waals surface area contributed by atoms with Crippen molar-refractivity contribution in [2.45, 2.75) is 12.8 Å². The minimum atomic E-state index is 0.104. The Labute approximate surface area is 115 Å². The van der Waals surface area contributed by atoms with Gasteiger partial charge in [0.2, 0.25) is 5.91 Å². The van der Waals surface area contributed by atoms with E-state index in [9.17, 15) is 4.79 Å². The molecule has 0 unspecified atom stereocenters. The second-order valence-corrected chi connectivity index (χ2v) is 5.16. The van der Waals surface area contributed by atoms with Gasteiger partial charge in [0.15, 0.2) is 0 Å². The average Bonchev–Trinajstić information content (AvgIpc) is 2.83. The fourth-order valence-electron chi connectivity index (χ4n) is 2.86. The van der Waals surface area contributed by atoms with Crippen LogP contribution in [0.15, 0.2) is 30.3 Å². The zero-order valence-corrected chi connectivity index (χ0v) is 11.5. The molecule has 104 valence electrons. The molecule has 1 amide bonds. The number of rotatable bonds is 5. The third kappa shape index (κ3) is 3.55. The van der Waals surface area contributed by atoms with Crippen LogP contribution in [0.3, 0.4) is 0 Å². The highest BCUT2D eigenvalue weighted by molar-refractivity contribution is 5.78. The molecule has 1 fully saturated rings. The predicted molar refractivity (Wildman–Crippen MR) is 76.9 cm³/mol. The molecule has 0 aliphatic carbocycles. The molecule has 1 aliphatic rings. The Bertz CT molecular complexity index is 407. The summed E-state index contributed by atoms with van der Waals surface area (Å²) >= 11 is 0. The molecule has 3 N–H and O–H groups in total. The van der Waals surface area contributed by atoms with Gasteiger partial charge >= 0.3 is 0 Å². The van der Waals surface area contributed by atoms with E-state index in [2.05, 4.69) is 34.5 Å². The Morgan fingerprint density at radius 1 is 1.37 bits per heavy atom. The van der Waals surface area contributed by atoms with Gasteiger partial charge in [-0.25, -0.2) is 0 Å². The Hall–Kier alpha value is -1.39. The molecule has 1 aromatic carbocycles. The number of likely N-dealkylation sites (N-methyl/N-ethyl adjacent to an activating group) is 1. The van der Waals surface area contributed by atoms with E-state index < -0.39 is 0 Å². The summed E-state index contributed by atoms with van der Waals surface area (Å²) in [4.78, 5) is 13.9. The van der Waals surface area contributed by atoms with E-state index in [4.69, 9.17) is 5.73 Å². The molecule has 0 bridgehead atoms. The molecule has 1 saturated heterocycles. The molecule has 4 heteroatoms. The first-order chi connectivity index (χ1) is 9.24. The molecular formula is C15H23N3O. The van der Waals surface area contributed by atoms with Crippen molar-refractivity contribution in [2.24, 2.45) is 11.7 Å². The van der Waals surface area contributed by atoms with E-state index >= 15 is 0 Å². The molecule has 1 heterocycles. The number of likely N-dealkylation sites (tertiary alicyclic amines) is 1. The minimum absolute atomic E-state index is 0.104. The summed E-state index contributed by atoms with van der Waals surface area (Å²) < 4.78 is 0. The van der Waals surface area contributed by atoms with Crippen LogP contribution in [0.25, 0.3) is 0 Å². The lowest BCUT2D eigenvalue weighted by Gasteiger charge is -2.16. The van der Waals surface area contributed by atoms with Gasteiger partial charge in [-0.15, -0.1) is 0 Å². The molecule has 2 rings (SSSR count). The van der Waals surface area contributed by atoms with E-state index in [1.807, 2.05) is 13.0 Å². The van der Waals surface area contributed by atoms with Crippen LogP contribution in [0, 0.1) is 5.92 Å². The van der Waals surface area contributed by atoms with Gasteiger partial charge in [-0.2, -0.15) is 0 Å². The fourth-order valence-corrected chi connectivity index (χ4v) is 2.86. The third-order valence-corrected chi connectivity index (χ3v) is 3.79. The number of carbonyl (C=O) groups excluding carboxylic acids is 1. The maximum absolute atomic E-state index is 11.7. The molecule has 2 atom stereocenters. The molecule has 4 nitrogen and oxygen atoms in total. The normalized spacial score (nSPS) is 23.5. The van der Waals surface area contributed by atoms with Crippen molar-refractivity contribution in [3.05, 3.63) is 35.9 Å². The van der Waals surface area contributed by atoms with Gasteiger partial charge in [-0.05, 0) is 24.9 Å². The van der Waals surface area contributed by atoms with Crippen LogP contribution in [0.2, 0.25) is 0 Å². The lowest BCUT2D eigenvalue weighted by molar-refractivity contribution is -0.121. The summed E-state index contributed by atoms with van der Waals surface area (Å²) in [5.74, 6) is 0.990. The lowest BCUT2D eigenvalue weighted by Crippen LogP contribution is -2.36. The summed E-state index contributed by atoms with van der Waals surface area (Å²) in [6, 6.07) is 10.5. The Kier molecular flexibility index (Phi) is 4.93. The number of amides is 1. The maximum atomic E-state index is 11.7. The van der Waals surface area contributed by atoms with Crippen LogP contribution in [-0.4, -0.2) is 43.5 Å². The zero-order chi connectivity index (χ0) is 13.7. The zero-order valence-electron chi connectivity index (χ0n) is 11.5. The highest BCUT2D eigenvalue weighted by atomic mass is 16.2.